The van der Waals surface area contributed by atoms with Crippen LogP contribution in [0.2, 0.25) is 0 Å². The molecule has 2 aliphatic carbocycles. The minimum atomic E-state index is -4.61. The van der Waals surface area contributed by atoms with Crippen molar-refractivity contribution in [3.8, 4) is 11.1 Å². The quantitative estimate of drug-likeness (QED) is 0.221. The summed E-state index contributed by atoms with van der Waals surface area (Å²) in [5, 5.41) is 0. The van der Waals surface area contributed by atoms with Crippen LogP contribution in [0.25, 0.3) is 11.1 Å². The van der Waals surface area contributed by atoms with E-state index in [4.69, 9.17) is 0 Å². The van der Waals surface area contributed by atoms with Gasteiger partial charge in [-0.15, -0.1) is 0 Å². The van der Waals surface area contributed by atoms with E-state index in [-0.39, 0.29) is 42.1 Å². The molecule has 0 saturated heterocycles. The van der Waals surface area contributed by atoms with E-state index in [1.807, 2.05) is 18.2 Å². The van der Waals surface area contributed by atoms with Crippen molar-refractivity contribution < 1.29 is 72.4 Å². The first-order valence-corrected chi connectivity index (χ1v) is 19.5. The normalized spacial score (nSPS) is 15.3. The molecule has 0 heterocycles. The fourth-order valence-corrected chi connectivity index (χ4v) is 15.7. The molecule has 4 aromatic carbocycles. The molecule has 0 aromatic heterocycles. The van der Waals surface area contributed by atoms with Crippen molar-refractivity contribution >= 4 is 6.48 Å². The molecule has 1 unspecified atom stereocenters. The molecule has 9 heteroatoms. The van der Waals surface area contributed by atoms with Gasteiger partial charge in [-0.3, -0.25) is 0 Å². The van der Waals surface area contributed by atoms with Gasteiger partial charge >= 0.3 is 281 Å². The minimum absolute atomic E-state index is 0. The third-order valence-corrected chi connectivity index (χ3v) is 16.9. The fraction of sp³-hybridized carbons (Fsp3) is 0.275. The van der Waals surface area contributed by atoms with E-state index in [1.165, 1.54) is 21.0 Å². The summed E-state index contributed by atoms with van der Waals surface area (Å²) in [5.41, 5.74) is 4.50. The van der Waals surface area contributed by atoms with Gasteiger partial charge in [0.25, 0.3) is 0 Å². The van der Waals surface area contributed by atoms with Crippen molar-refractivity contribution in [2.24, 2.45) is 17.3 Å². The summed E-state index contributed by atoms with van der Waals surface area (Å²) < 4.78 is 88.1. The average Bonchev–Trinajstić information content (AvgIpc) is 3.62. The molecular formula is C40H36Cl2F6Zr. The van der Waals surface area contributed by atoms with E-state index in [0.717, 1.165) is 49.8 Å². The topological polar surface area (TPSA) is 0 Å². The number of benzene rings is 4. The average molecular weight is 793 g/mol. The third kappa shape index (κ3) is 7.80. The zero-order valence-electron chi connectivity index (χ0n) is 27.7. The second kappa shape index (κ2) is 14.5. The number of allylic oxidation sites excluding steroid dienone is 4. The molecule has 2 aliphatic rings. The second-order valence-electron chi connectivity index (χ2n) is 13.8. The first kappa shape index (κ1) is 39.1. The van der Waals surface area contributed by atoms with Crippen LogP contribution in [0, 0.1) is 17.3 Å². The molecule has 0 N–H and O–H groups in total. The predicted molar refractivity (Wildman–Crippen MR) is 174 cm³/mol. The van der Waals surface area contributed by atoms with Crippen molar-refractivity contribution in [3.05, 3.63) is 145 Å². The number of rotatable bonds is 5. The number of fused-ring (bicyclic) bond motifs is 3. The Morgan fingerprint density at radius 1 is 0.694 bits per heavy atom. The first-order chi connectivity index (χ1) is 22.0. The standard InChI is InChI=1S/C15H8F6.C13H9.C12H19.2ClH.Zr/c16-14(17,18)12-5-1-3-10(8-12)7-11-4-2-6-13(9-11)15(19,20)21;1-3-7-12-10(5-1)9-11-6-2-4-8-13(11)12;1-9(2)10-6-7-11(8-10)12(3,4)5;;;/h1-6,8-9H;1-5,7-8H,9H2;7-10H,1-5H3;2*1H;/q;;;;;+2/p-2. The Bertz CT molecular complexity index is 1900. The molecule has 0 fully saturated rings. The Labute approximate surface area is 304 Å². The summed E-state index contributed by atoms with van der Waals surface area (Å²) in [6, 6.07) is 24.7. The molecule has 49 heavy (non-hydrogen) atoms. The van der Waals surface area contributed by atoms with Crippen LogP contribution in [0.5, 0.6) is 0 Å². The summed E-state index contributed by atoms with van der Waals surface area (Å²) in [7, 11) is 0. The van der Waals surface area contributed by atoms with Crippen LogP contribution in [0.1, 0.15) is 68.0 Å². The van der Waals surface area contributed by atoms with Crippen molar-refractivity contribution in [2.45, 2.75) is 53.4 Å². The molecule has 256 valence electrons. The molecule has 0 nitrogen and oxygen atoms in total. The second-order valence-corrected chi connectivity index (χ2v) is 19.6. The monoisotopic (exact) mass is 790 g/mol. The van der Waals surface area contributed by atoms with E-state index >= 15 is 0 Å². The van der Waals surface area contributed by atoms with Crippen molar-refractivity contribution in [1.82, 2.24) is 0 Å². The van der Waals surface area contributed by atoms with E-state index in [9.17, 15) is 26.3 Å². The van der Waals surface area contributed by atoms with Gasteiger partial charge in [-0.1, -0.05) is 0 Å². The van der Waals surface area contributed by atoms with Crippen LogP contribution in [-0.2, 0) is 40.0 Å². The van der Waals surface area contributed by atoms with Crippen LogP contribution in [0.15, 0.2) is 112 Å². The van der Waals surface area contributed by atoms with Crippen molar-refractivity contribution in [3.63, 3.8) is 0 Å². The van der Waals surface area contributed by atoms with Crippen LogP contribution < -0.4 is 28.1 Å². The van der Waals surface area contributed by atoms with E-state index in [2.05, 4.69) is 71.0 Å². The predicted octanol–water partition coefficient (Wildman–Crippen LogP) is 4.96. The van der Waals surface area contributed by atoms with Crippen LogP contribution in [-0.4, -0.2) is 3.21 Å². The minimum Gasteiger partial charge on any atom is -1.00 e. The van der Waals surface area contributed by atoms with Gasteiger partial charge in [0.1, 0.15) is 0 Å². The maximum atomic E-state index is 14.2. The summed E-state index contributed by atoms with van der Waals surface area (Å²) >= 11 is -3.66. The molecule has 0 saturated carbocycles. The van der Waals surface area contributed by atoms with E-state index < -0.39 is 44.7 Å². The summed E-state index contributed by atoms with van der Waals surface area (Å²) in [6.07, 6.45) is -4.02. The van der Waals surface area contributed by atoms with Gasteiger partial charge in [-0.25, -0.2) is 0 Å². The van der Waals surface area contributed by atoms with Crippen LogP contribution in [0.4, 0.5) is 26.3 Å². The smallest absolute Gasteiger partial charge is 1.00 e. The summed E-state index contributed by atoms with van der Waals surface area (Å²) in [6.45, 7) is 10.7. The molecule has 0 aliphatic heterocycles. The number of alkyl halides is 6. The third-order valence-electron chi connectivity index (χ3n) is 9.23. The number of hydrogen-bond acceptors (Lipinski definition) is 0. The Hall–Kier alpha value is -2.73. The van der Waals surface area contributed by atoms with Crippen molar-refractivity contribution in [2.75, 3.05) is 0 Å². The molecular weight excluding hydrogens is 757 g/mol. The maximum Gasteiger partial charge on any atom is -1.00 e. The molecule has 4 aromatic rings. The summed E-state index contributed by atoms with van der Waals surface area (Å²) in [5.74, 6) is 0.180. The molecule has 0 radical (unpaired) electrons. The van der Waals surface area contributed by atoms with E-state index in [0.29, 0.717) is 20.8 Å². The van der Waals surface area contributed by atoms with Gasteiger partial charge in [0.05, 0.1) is 0 Å². The molecule has 0 amide bonds. The van der Waals surface area contributed by atoms with Crippen molar-refractivity contribution in [1.29, 1.82) is 0 Å². The number of halogens is 8. The Kier molecular flexibility index (Phi) is 11.5. The molecule has 1 atom stereocenters. The number of hydrogen-bond donors (Lipinski definition) is 0. The maximum absolute atomic E-state index is 14.2. The SMILES string of the molecule is CC(C)C1C=C(C(C)(C)C)C=[C]1[Zr+2](=[C](c1cccc(C(F)(F)F)c1)c1cccc(C(F)(F)F)c1)[c]1cccc2c1Cc1ccccc1-2.[Cl-].[Cl-]. The van der Waals surface area contributed by atoms with Crippen LogP contribution >= 0.6 is 0 Å². The Morgan fingerprint density at radius 3 is 1.76 bits per heavy atom. The van der Waals surface area contributed by atoms with E-state index in [1.54, 1.807) is 12.1 Å². The largest absolute Gasteiger partial charge is 1.00 e. The summed E-state index contributed by atoms with van der Waals surface area (Å²) in [4.78, 5) is 0. The Balaban J connectivity index is 0.00000270. The van der Waals surface area contributed by atoms with Crippen LogP contribution in [0.3, 0.4) is 0 Å². The molecule has 6 rings (SSSR count). The first-order valence-electron chi connectivity index (χ1n) is 15.8. The zero-order chi connectivity index (χ0) is 33.9. The Morgan fingerprint density at radius 2 is 1.22 bits per heavy atom. The van der Waals surface area contributed by atoms with Gasteiger partial charge in [0.2, 0.25) is 0 Å². The van der Waals surface area contributed by atoms with Gasteiger partial charge in [-0.05, 0) is 0 Å². The van der Waals surface area contributed by atoms with Gasteiger partial charge in [0.15, 0.2) is 0 Å². The van der Waals surface area contributed by atoms with Gasteiger partial charge in [-0.2, -0.15) is 0 Å². The van der Waals surface area contributed by atoms with Gasteiger partial charge < -0.3 is 24.8 Å². The molecule has 0 spiro atoms. The fourth-order valence-electron chi connectivity index (χ4n) is 6.84. The zero-order valence-corrected chi connectivity index (χ0v) is 31.7. The molecule has 0 bridgehead atoms. The van der Waals surface area contributed by atoms with Gasteiger partial charge in [0, 0.05) is 0 Å².